The van der Waals surface area contributed by atoms with Crippen molar-refractivity contribution in [3.8, 4) is 6.07 Å². The van der Waals surface area contributed by atoms with Gasteiger partial charge in [0, 0.05) is 5.57 Å². The van der Waals surface area contributed by atoms with E-state index < -0.39 is 16.0 Å². The Bertz CT molecular complexity index is 1440. The van der Waals surface area contributed by atoms with Crippen LogP contribution in [-0.4, -0.2) is 34.1 Å². The first-order valence-corrected chi connectivity index (χ1v) is 10.4. The topological polar surface area (TPSA) is 125 Å². The predicted molar refractivity (Wildman–Crippen MR) is 111 cm³/mol. The van der Waals surface area contributed by atoms with Crippen LogP contribution in [0.3, 0.4) is 0 Å². The van der Waals surface area contributed by atoms with Crippen LogP contribution in [-0.2, 0) is 16.7 Å². The maximum atomic E-state index is 13.2. The summed E-state index contributed by atoms with van der Waals surface area (Å²) in [5, 5.41) is 9.66. The summed E-state index contributed by atoms with van der Waals surface area (Å²) < 4.78 is 34.3. The summed E-state index contributed by atoms with van der Waals surface area (Å²) in [5.74, 6) is -0.190. The summed E-state index contributed by atoms with van der Waals surface area (Å²) >= 11 is 0. The summed E-state index contributed by atoms with van der Waals surface area (Å²) in [6, 6.07) is 13.7. The number of nitriles is 1. The molecule has 0 fully saturated rings. The van der Waals surface area contributed by atoms with Gasteiger partial charge in [-0.25, -0.2) is 4.98 Å². The summed E-state index contributed by atoms with van der Waals surface area (Å²) in [5.41, 5.74) is 2.67. The molecular weight excluding hydrogens is 404 g/mol. The zero-order valence-electron chi connectivity index (χ0n) is 16.1. The van der Waals surface area contributed by atoms with E-state index in [2.05, 4.69) is 16.0 Å². The zero-order chi connectivity index (χ0) is 21.6. The number of benzene rings is 2. The number of rotatable bonds is 3. The first-order chi connectivity index (χ1) is 14.2. The van der Waals surface area contributed by atoms with E-state index in [0.717, 1.165) is 0 Å². The van der Waals surface area contributed by atoms with E-state index in [1.807, 2.05) is 0 Å². The minimum atomic E-state index is -4.45. The highest BCUT2D eigenvalue weighted by molar-refractivity contribution is 7.85. The van der Waals surface area contributed by atoms with Crippen LogP contribution >= 0.6 is 0 Å². The molecular formula is C21H16N4O4S. The van der Waals surface area contributed by atoms with Gasteiger partial charge in [-0.1, -0.05) is 24.3 Å². The van der Waals surface area contributed by atoms with Crippen molar-refractivity contribution in [3.05, 3.63) is 65.0 Å². The minimum absolute atomic E-state index is 0.0454. The number of imidazole rings is 1. The van der Waals surface area contributed by atoms with Crippen molar-refractivity contribution in [2.75, 3.05) is 0 Å². The highest BCUT2D eigenvalue weighted by atomic mass is 32.2. The molecule has 1 aliphatic heterocycles. The molecule has 0 aliphatic carbocycles. The van der Waals surface area contributed by atoms with Crippen LogP contribution in [0.2, 0.25) is 0 Å². The Morgan fingerprint density at radius 2 is 1.93 bits per heavy atom. The average Bonchev–Trinajstić information content (AvgIpc) is 3.07. The first-order valence-electron chi connectivity index (χ1n) is 8.97. The van der Waals surface area contributed by atoms with Gasteiger partial charge >= 0.3 is 0 Å². The molecule has 2 aromatic carbocycles. The lowest BCUT2D eigenvalue weighted by Crippen LogP contribution is -2.29. The third-order valence-corrected chi connectivity index (χ3v) is 5.88. The summed E-state index contributed by atoms with van der Waals surface area (Å²) in [7, 11) is -4.45. The lowest BCUT2D eigenvalue weighted by Gasteiger charge is -2.17. The zero-order valence-corrected chi connectivity index (χ0v) is 16.9. The van der Waals surface area contributed by atoms with Crippen LogP contribution in [0.25, 0.3) is 16.6 Å². The molecule has 9 heteroatoms. The number of aliphatic imine (C=N–C) groups is 1. The molecule has 0 amide bonds. The number of para-hydroxylation sites is 2. The second-order valence-electron chi connectivity index (χ2n) is 6.93. The predicted octanol–water partition coefficient (Wildman–Crippen LogP) is 3.18. The van der Waals surface area contributed by atoms with Gasteiger partial charge in [0.05, 0.1) is 22.5 Å². The van der Waals surface area contributed by atoms with Crippen LogP contribution < -0.4 is 0 Å². The summed E-state index contributed by atoms with van der Waals surface area (Å²) in [6.45, 7) is 3.15. The Morgan fingerprint density at radius 3 is 2.63 bits per heavy atom. The quantitative estimate of drug-likeness (QED) is 0.649. The van der Waals surface area contributed by atoms with E-state index in [0.29, 0.717) is 22.2 Å². The maximum absolute atomic E-state index is 13.2. The third kappa shape index (κ3) is 3.12. The molecule has 8 nitrogen and oxygen atoms in total. The van der Waals surface area contributed by atoms with Crippen molar-refractivity contribution in [1.82, 2.24) is 9.55 Å². The smallest absolute Gasteiger partial charge is 0.282 e. The number of allylic oxidation sites excluding steroid dienone is 2. The number of hydrogen-bond acceptors (Lipinski definition) is 6. The average molecular weight is 420 g/mol. The SMILES string of the molecule is CC1=C(C#N)c2nc3ccccc3n2C(=O)C1=NCc1ccc(C)cc1S(=O)(=O)O. The van der Waals surface area contributed by atoms with Gasteiger partial charge in [0.15, 0.2) is 5.82 Å². The first kappa shape index (κ1) is 19.7. The lowest BCUT2D eigenvalue weighted by molar-refractivity contribution is 0.0992. The standard InChI is InChI=1S/C21H16N4O4S/c1-12-7-8-14(18(9-12)30(27,28)29)11-23-19-13(2)15(10-22)20-24-16-5-3-4-6-17(16)25(20)21(19)26/h3-9H,11H2,1-2H3,(H,27,28,29). The largest absolute Gasteiger partial charge is 0.294 e. The molecule has 0 atom stereocenters. The van der Waals surface area contributed by atoms with Gasteiger partial charge in [-0.15, -0.1) is 0 Å². The van der Waals surface area contributed by atoms with Gasteiger partial charge < -0.3 is 0 Å². The van der Waals surface area contributed by atoms with E-state index in [1.54, 1.807) is 44.2 Å². The van der Waals surface area contributed by atoms with Crippen molar-refractivity contribution >= 4 is 38.3 Å². The minimum Gasteiger partial charge on any atom is -0.282 e. The molecule has 1 N–H and O–H groups in total. The van der Waals surface area contributed by atoms with Crippen molar-refractivity contribution < 1.29 is 17.8 Å². The Labute approximate surface area is 172 Å². The number of fused-ring (bicyclic) bond motifs is 3. The van der Waals surface area contributed by atoms with Crippen LogP contribution in [0.5, 0.6) is 0 Å². The molecule has 4 rings (SSSR count). The Hall–Kier alpha value is -3.61. The van der Waals surface area contributed by atoms with Gasteiger partial charge in [0.1, 0.15) is 17.4 Å². The lowest BCUT2D eigenvalue weighted by atomic mass is 10.0. The van der Waals surface area contributed by atoms with Crippen LogP contribution in [0, 0.1) is 18.3 Å². The van der Waals surface area contributed by atoms with Crippen LogP contribution in [0.15, 0.2) is 57.9 Å². The van der Waals surface area contributed by atoms with Crippen molar-refractivity contribution in [2.45, 2.75) is 25.3 Å². The van der Waals surface area contributed by atoms with E-state index in [1.165, 1.54) is 16.7 Å². The molecule has 0 saturated carbocycles. The molecule has 0 unspecified atom stereocenters. The molecule has 0 bridgehead atoms. The molecule has 30 heavy (non-hydrogen) atoms. The monoisotopic (exact) mass is 420 g/mol. The summed E-state index contributed by atoms with van der Waals surface area (Å²) in [6.07, 6.45) is 0. The highest BCUT2D eigenvalue weighted by Crippen LogP contribution is 2.29. The maximum Gasteiger partial charge on any atom is 0.294 e. The molecule has 150 valence electrons. The van der Waals surface area contributed by atoms with E-state index in [-0.39, 0.29) is 34.1 Å². The van der Waals surface area contributed by atoms with Crippen LogP contribution in [0.1, 0.15) is 28.7 Å². The van der Waals surface area contributed by atoms with Crippen molar-refractivity contribution in [2.24, 2.45) is 4.99 Å². The van der Waals surface area contributed by atoms with E-state index >= 15 is 0 Å². The number of aryl methyl sites for hydroxylation is 1. The van der Waals surface area contributed by atoms with Crippen molar-refractivity contribution in [1.29, 1.82) is 5.26 Å². The molecule has 0 spiro atoms. The fraction of sp³-hybridized carbons (Fsp3) is 0.143. The number of nitrogens with zero attached hydrogens (tertiary/aromatic N) is 4. The van der Waals surface area contributed by atoms with Gasteiger partial charge in [0.2, 0.25) is 0 Å². The third-order valence-electron chi connectivity index (χ3n) is 4.94. The van der Waals surface area contributed by atoms with Gasteiger partial charge in [-0.2, -0.15) is 13.7 Å². The van der Waals surface area contributed by atoms with E-state index in [4.69, 9.17) is 0 Å². The molecule has 3 aromatic rings. The number of carbonyl (C=O) groups excluding carboxylic acids is 1. The fourth-order valence-electron chi connectivity index (χ4n) is 3.47. The highest BCUT2D eigenvalue weighted by Gasteiger charge is 2.31. The second-order valence-corrected chi connectivity index (χ2v) is 8.32. The Morgan fingerprint density at radius 1 is 1.20 bits per heavy atom. The summed E-state index contributed by atoms with van der Waals surface area (Å²) in [4.78, 5) is 21.7. The van der Waals surface area contributed by atoms with Crippen molar-refractivity contribution in [3.63, 3.8) is 0 Å². The number of hydrogen-bond donors (Lipinski definition) is 1. The van der Waals surface area contributed by atoms with Gasteiger partial charge in [-0.3, -0.25) is 18.9 Å². The Kier molecular flexibility index (Phi) is 4.61. The fourth-order valence-corrected chi connectivity index (χ4v) is 4.27. The molecule has 1 aromatic heterocycles. The molecule has 2 heterocycles. The van der Waals surface area contributed by atoms with Crippen LogP contribution in [0.4, 0.5) is 0 Å². The molecule has 1 aliphatic rings. The normalized spacial score (nSPS) is 15.5. The molecule has 0 radical (unpaired) electrons. The molecule has 0 saturated heterocycles. The van der Waals surface area contributed by atoms with E-state index in [9.17, 15) is 23.0 Å². The van der Waals surface area contributed by atoms with Gasteiger partial charge in [0.25, 0.3) is 16.0 Å². The Balaban J connectivity index is 1.86. The second kappa shape index (κ2) is 7.02. The van der Waals surface area contributed by atoms with Gasteiger partial charge in [-0.05, 0) is 43.2 Å². The number of carbonyl (C=O) groups is 1. The number of aromatic nitrogens is 2.